The van der Waals surface area contributed by atoms with Crippen LogP contribution in [0.3, 0.4) is 0 Å². The molecule has 0 aliphatic heterocycles. The van der Waals surface area contributed by atoms with Crippen molar-refractivity contribution in [1.29, 1.82) is 0 Å². The van der Waals surface area contributed by atoms with Crippen molar-refractivity contribution in [2.75, 3.05) is 0 Å². The lowest BCUT2D eigenvalue weighted by molar-refractivity contribution is 0.824. The third-order valence-electron chi connectivity index (χ3n) is 1.41. The summed E-state index contributed by atoms with van der Waals surface area (Å²) in [6.07, 6.45) is 3.37. The van der Waals surface area contributed by atoms with E-state index in [2.05, 4.69) is 9.97 Å². The van der Waals surface area contributed by atoms with Crippen molar-refractivity contribution < 1.29 is 5.48 Å². The molecule has 0 saturated heterocycles. The van der Waals surface area contributed by atoms with Crippen LogP contribution in [0.5, 0.6) is 0 Å². The van der Waals surface area contributed by atoms with Gasteiger partial charge in [-0.15, -0.1) is 12.4 Å². The van der Waals surface area contributed by atoms with Gasteiger partial charge in [0, 0.05) is 11.6 Å². The van der Waals surface area contributed by atoms with Gasteiger partial charge in [-0.3, -0.25) is 0 Å². The zero-order valence-corrected chi connectivity index (χ0v) is 7.08. The molecule has 4 heteroatoms. The molecule has 2 aromatic rings. The van der Waals surface area contributed by atoms with Crippen molar-refractivity contribution in [3.05, 3.63) is 36.8 Å². The highest BCUT2D eigenvalue weighted by atomic mass is 35.5. The van der Waals surface area contributed by atoms with Crippen molar-refractivity contribution in [2.24, 2.45) is 0 Å². The molecule has 1 aromatic heterocycles. The molecule has 0 aliphatic carbocycles. The number of nitrogens with zero attached hydrogens (tertiary/aromatic N) is 2. The second-order valence-corrected chi connectivity index (χ2v) is 2.08. The maximum absolute atomic E-state index is 4.07. The minimum Gasteiger partial charge on any atom is -0.412 e. The Hall–Kier alpha value is -1.19. The maximum Gasteiger partial charge on any atom is 0.116 e. The maximum atomic E-state index is 4.07. The second-order valence-electron chi connectivity index (χ2n) is 2.08. The van der Waals surface area contributed by atoms with E-state index in [1.807, 2.05) is 30.5 Å². The van der Waals surface area contributed by atoms with Gasteiger partial charge < -0.3 is 5.48 Å². The third kappa shape index (κ3) is 1.90. The highest BCUT2D eigenvalue weighted by Gasteiger charge is 1.87. The summed E-state index contributed by atoms with van der Waals surface area (Å²) >= 11 is 0. The molecule has 0 fully saturated rings. The Morgan fingerprint density at radius 3 is 2.58 bits per heavy atom. The SMILES string of the molecule is Cl.O.c1ccc2ncncc2c1. The smallest absolute Gasteiger partial charge is 0.116 e. The molecule has 3 nitrogen and oxygen atoms in total. The number of halogens is 1. The van der Waals surface area contributed by atoms with E-state index in [1.54, 1.807) is 6.33 Å². The Morgan fingerprint density at radius 2 is 1.83 bits per heavy atom. The van der Waals surface area contributed by atoms with Gasteiger partial charge in [0.2, 0.25) is 0 Å². The fourth-order valence-electron chi connectivity index (χ4n) is 0.923. The van der Waals surface area contributed by atoms with Gasteiger partial charge in [-0.05, 0) is 6.07 Å². The third-order valence-corrected chi connectivity index (χ3v) is 1.41. The van der Waals surface area contributed by atoms with Crippen LogP contribution in [0.4, 0.5) is 0 Å². The summed E-state index contributed by atoms with van der Waals surface area (Å²) in [7, 11) is 0. The van der Waals surface area contributed by atoms with Gasteiger partial charge in [-0.25, -0.2) is 9.97 Å². The lowest BCUT2D eigenvalue weighted by Crippen LogP contribution is -1.77. The monoisotopic (exact) mass is 184 g/mol. The van der Waals surface area contributed by atoms with Crippen molar-refractivity contribution in [3.63, 3.8) is 0 Å². The minimum absolute atomic E-state index is 0. The molecule has 0 unspecified atom stereocenters. The highest BCUT2D eigenvalue weighted by molar-refractivity contribution is 5.85. The van der Waals surface area contributed by atoms with E-state index in [-0.39, 0.29) is 17.9 Å². The Balaban J connectivity index is 0.000000605. The van der Waals surface area contributed by atoms with Gasteiger partial charge in [0.15, 0.2) is 0 Å². The van der Waals surface area contributed by atoms with Crippen LogP contribution in [0, 0.1) is 0 Å². The van der Waals surface area contributed by atoms with Crippen molar-refractivity contribution >= 4 is 23.3 Å². The molecule has 1 heterocycles. The molecule has 0 radical (unpaired) electrons. The van der Waals surface area contributed by atoms with E-state index in [4.69, 9.17) is 0 Å². The topological polar surface area (TPSA) is 57.3 Å². The lowest BCUT2D eigenvalue weighted by atomic mass is 10.2. The van der Waals surface area contributed by atoms with Gasteiger partial charge in [-0.2, -0.15) is 0 Å². The molecule has 2 rings (SSSR count). The molecule has 2 N–H and O–H groups in total. The number of aromatic nitrogens is 2. The van der Waals surface area contributed by atoms with Crippen LogP contribution in [0.25, 0.3) is 10.9 Å². The van der Waals surface area contributed by atoms with Crippen molar-refractivity contribution in [2.45, 2.75) is 0 Å². The van der Waals surface area contributed by atoms with E-state index < -0.39 is 0 Å². The highest BCUT2D eigenvalue weighted by Crippen LogP contribution is 2.06. The quantitative estimate of drug-likeness (QED) is 0.618. The molecule has 0 spiro atoms. The number of hydrogen-bond donors (Lipinski definition) is 0. The van der Waals surface area contributed by atoms with Crippen LogP contribution in [0.2, 0.25) is 0 Å². The average molecular weight is 185 g/mol. The van der Waals surface area contributed by atoms with E-state index in [1.165, 1.54) is 0 Å². The first kappa shape index (κ1) is 10.8. The van der Waals surface area contributed by atoms with E-state index in [9.17, 15) is 0 Å². The predicted molar refractivity (Wildman–Crippen MR) is 50.4 cm³/mol. The molecular weight excluding hydrogens is 176 g/mol. The van der Waals surface area contributed by atoms with Crippen molar-refractivity contribution in [1.82, 2.24) is 9.97 Å². The Morgan fingerprint density at radius 1 is 1.08 bits per heavy atom. The van der Waals surface area contributed by atoms with E-state index in [0.717, 1.165) is 10.9 Å². The number of fused-ring (bicyclic) bond motifs is 1. The van der Waals surface area contributed by atoms with E-state index >= 15 is 0 Å². The number of hydrogen-bond acceptors (Lipinski definition) is 2. The zero-order chi connectivity index (χ0) is 6.81. The first-order chi connectivity index (χ1) is 4.97. The number of para-hydroxylation sites is 1. The molecule has 64 valence electrons. The number of benzene rings is 1. The van der Waals surface area contributed by atoms with Crippen LogP contribution in [-0.4, -0.2) is 15.4 Å². The fourth-order valence-corrected chi connectivity index (χ4v) is 0.923. The van der Waals surface area contributed by atoms with Gasteiger partial charge in [0.1, 0.15) is 6.33 Å². The molecule has 0 aliphatic rings. The summed E-state index contributed by atoms with van der Waals surface area (Å²) in [5, 5.41) is 1.09. The molecule has 0 atom stereocenters. The van der Waals surface area contributed by atoms with Gasteiger partial charge >= 0.3 is 0 Å². The van der Waals surface area contributed by atoms with Gasteiger partial charge in [0.05, 0.1) is 5.52 Å². The average Bonchev–Trinajstić information content (AvgIpc) is 2.05. The largest absolute Gasteiger partial charge is 0.412 e. The standard InChI is InChI=1S/C8H6N2.ClH.H2O/c1-2-4-8-7(3-1)5-9-6-10-8;;/h1-6H;1H;1H2. The summed E-state index contributed by atoms with van der Waals surface area (Å²) < 4.78 is 0. The minimum atomic E-state index is 0. The summed E-state index contributed by atoms with van der Waals surface area (Å²) in [5.74, 6) is 0. The Kier molecular flexibility index (Phi) is 4.18. The molecule has 0 bridgehead atoms. The van der Waals surface area contributed by atoms with Gasteiger partial charge in [-0.1, -0.05) is 18.2 Å². The molecule has 0 amide bonds. The number of rotatable bonds is 0. The van der Waals surface area contributed by atoms with Crippen molar-refractivity contribution in [3.8, 4) is 0 Å². The van der Waals surface area contributed by atoms with E-state index in [0.29, 0.717) is 0 Å². The van der Waals surface area contributed by atoms with Gasteiger partial charge in [0.25, 0.3) is 0 Å². The fraction of sp³-hybridized carbons (Fsp3) is 0. The summed E-state index contributed by atoms with van der Waals surface area (Å²) in [5.41, 5.74) is 0.998. The molecule has 0 saturated carbocycles. The molecule has 12 heavy (non-hydrogen) atoms. The zero-order valence-electron chi connectivity index (χ0n) is 6.27. The lowest BCUT2D eigenvalue weighted by Gasteiger charge is -1.90. The predicted octanol–water partition coefficient (Wildman–Crippen LogP) is 1.23. The molecular formula is C8H9ClN2O. The summed E-state index contributed by atoms with van der Waals surface area (Å²) in [4.78, 5) is 7.97. The second kappa shape index (κ2) is 4.64. The summed E-state index contributed by atoms with van der Waals surface area (Å²) in [6, 6.07) is 7.91. The Bertz CT molecular complexity index is 288. The summed E-state index contributed by atoms with van der Waals surface area (Å²) in [6.45, 7) is 0. The van der Waals surface area contributed by atoms with Crippen LogP contribution < -0.4 is 0 Å². The van der Waals surface area contributed by atoms with Crippen LogP contribution in [0.15, 0.2) is 36.8 Å². The van der Waals surface area contributed by atoms with Crippen LogP contribution >= 0.6 is 12.4 Å². The molecule has 1 aromatic carbocycles. The first-order valence-corrected chi connectivity index (χ1v) is 3.11. The van der Waals surface area contributed by atoms with Crippen LogP contribution in [-0.2, 0) is 0 Å². The normalized spacial score (nSPS) is 8.33. The Labute approximate surface area is 76.2 Å². The van der Waals surface area contributed by atoms with Crippen LogP contribution in [0.1, 0.15) is 0 Å². The first-order valence-electron chi connectivity index (χ1n) is 3.11.